The van der Waals surface area contributed by atoms with Gasteiger partial charge in [-0.1, -0.05) is 30.3 Å². The van der Waals surface area contributed by atoms with Gasteiger partial charge in [0, 0.05) is 27.7 Å². The van der Waals surface area contributed by atoms with Crippen LogP contribution < -0.4 is 0 Å². The number of para-hydroxylation sites is 1. The summed E-state index contributed by atoms with van der Waals surface area (Å²) in [6.07, 6.45) is 2.94. The van der Waals surface area contributed by atoms with Crippen LogP contribution >= 0.6 is 31.9 Å². The van der Waals surface area contributed by atoms with Crippen LogP contribution in [0, 0.1) is 0 Å². The third kappa shape index (κ3) is 5.57. The van der Waals surface area contributed by atoms with Gasteiger partial charge in [-0.3, -0.25) is 4.98 Å². The lowest BCUT2D eigenvalue weighted by atomic mass is 10.1. The standard InChI is InChI=1S/C11H10BrNO2S.C9H6BrN/c1-16(14,15)7-8-5-9-3-2-4-13-11(9)10(12)6-8;10-9-6-5-7-3-1-2-4-8(7)11-9/h2-6H,7H2,1H3;1-6H. The zero-order valence-corrected chi connectivity index (χ0v) is 18.4. The van der Waals surface area contributed by atoms with E-state index in [0.717, 1.165) is 31.1 Å². The number of pyridine rings is 2. The fourth-order valence-corrected chi connectivity index (χ4v) is 4.35. The van der Waals surface area contributed by atoms with Gasteiger partial charge in [0.1, 0.15) is 4.60 Å². The van der Waals surface area contributed by atoms with E-state index in [1.54, 1.807) is 12.3 Å². The molecule has 0 amide bonds. The molecule has 0 fully saturated rings. The van der Waals surface area contributed by atoms with E-state index in [4.69, 9.17) is 0 Å². The monoisotopic (exact) mass is 506 g/mol. The fraction of sp³-hybridized carbons (Fsp3) is 0.100. The number of hydrogen-bond donors (Lipinski definition) is 0. The number of benzene rings is 2. The van der Waals surface area contributed by atoms with E-state index in [0.29, 0.717) is 0 Å². The molecule has 0 unspecified atom stereocenters. The third-order valence-electron chi connectivity index (χ3n) is 3.71. The Bertz CT molecular complexity index is 1210. The van der Waals surface area contributed by atoms with Gasteiger partial charge in [0.25, 0.3) is 0 Å². The number of hydrogen-bond acceptors (Lipinski definition) is 4. The average molecular weight is 508 g/mol. The van der Waals surface area contributed by atoms with Gasteiger partial charge in [-0.25, -0.2) is 13.4 Å². The normalized spacial score (nSPS) is 11.2. The Morgan fingerprint density at radius 2 is 1.67 bits per heavy atom. The first kappa shape index (κ1) is 19.9. The van der Waals surface area contributed by atoms with Crippen molar-refractivity contribution in [1.29, 1.82) is 0 Å². The number of sulfone groups is 1. The molecule has 0 saturated heterocycles. The lowest BCUT2D eigenvalue weighted by Gasteiger charge is -2.04. The summed E-state index contributed by atoms with van der Waals surface area (Å²) < 4.78 is 24.1. The van der Waals surface area contributed by atoms with Crippen LogP contribution in [0.3, 0.4) is 0 Å². The molecule has 7 heteroatoms. The minimum Gasteiger partial charge on any atom is -0.255 e. The molecular formula is C20H16Br2N2O2S. The second-order valence-electron chi connectivity index (χ2n) is 6.05. The van der Waals surface area contributed by atoms with Gasteiger partial charge < -0.3 is 0 Å². The molecule has 138 valence electrons. The van der Waals surface area contributed by atoms with Crippen LogP contribution in [0.1, 0.15) is 5.56 Å². The number of rotatable bonds is 2. The van der Waals surface area contributed by atoms with Crippen LogP contribution in [-0.2, 0) is 15.6 Å². The first-order valence-corrected chi connectivity index (χ1v) is 11.7. The molecule has 27 heavy (non-hydrogen) atoms. The molecule has 0 spiro atoms. The molecule has 4 nitrogen and oxygen atoms in total. The van der Waals surface area contributed by atoms with E-state index in [-0.39, 0.29) is 5.75 Å². The van der Waals surface area contributed by atoms with E-state index in [9.17, 15) is 8.42 Å². The van der Waals surface area contributed by atoms with Crippen LogP contribution in [0.5, 0.6) is 0 Å². The quantitative estimate of drug-likeness (QED) is 0.334. The van der Waals surface area contributed by atoms with Gasteiger partial charge in [0.15, 0.2) is 9.84 Å². The number of fused-ring (bicyclic) bond motifs is 2. The summed E-state index contributed by atoms with van der Waals surface area (Å²) in [5.74, 6) is 0.0520. The van der Waals surface area contributed by atoms with Gasteiger partial charge in [0.05, 0.1) is 16.8 Å². The predicted octanol–water partition coefficient (Wildman–Crippen LogP) is 5.54. The Balaban J connectivity index is 0.000000166. The van der Waals surface area contributed by atoms with Crippen molar-refractivity contribution in [3.8, 4) is 0 Å². The highest BCUT2D eigenvalue weighted by atomic mass is 79.9. The Morgan fingerprint density at radius 3 is 2.44 bits per heavy atom. The minimum atomic E-state index is -3.00. The van der Waals surface area contributed by atoms with E-state index in [2.05, 4.69) is 47.9 Å². The van der Waals surface area contributed by atoms with Crippen LogP contribution in [0.15, 0.2) is 75.9 Å². The largest absolute Gasteiger partial charge is 0.255 e. The molecule has 4 rings (SSSR count). The second-order valence-corrected chi connectivity index (χ2v) is 9.86. The van der Waals surface area contributed by atoms with Crippen molar-refractivity contribution in [1.82, 2.24) is 9.97 Å². The molecular weight excluding hydrogens is 492 g/mol. The number of aromatic nitrogens is 2. The molecule has 2 aromatic heterocycles. The summed E-state index contributed by atoms with van der Waals surface area (Å²) >= 11 is 6.72. The van der Waals surface area contributed by atoms with Gasteiger partial charge in [-0.2, -0.15) is 0 Å². The average Bonchev–Trinajstić information content (AvgIpc) is 2.61. The van der Waals surface area contributed by atoms with E-state index in [1.165, 1.54) is 11.6 Å². The van der Waals surface area contributed by atoms with Crippen molar-refractivity contribution in [3.63, 3.8) is 0 Å². The smallest absolute Gasteiger partial charge is 0.151 e. The third-order valence-corrected chi connectivity index (χ3v) is 5.62. The zero-order valence-electron chi connectivity index (χ0n) is 14.4. The van der Waals surface area contributed by atoms with E-state index in [1.807, 2.05) is 48.5 Å². The van der Waals surface area contributed by atoms with Gasteiger partial charge in [-0.05, 0) is 67.8 Å². The maximum Gasteiger partial charge on any atom is 0.151 e. The van der Waals surface area contributed by atoms with E-state index >= 15 is 0 Å². The van der Waals surface area contributed by atoms with Gasteiger partial charge in [-0.15, -0.1) is 0 Å². The molecule has 2 heterocycles. The molecule has 0 bridgehead atoms. The summed E-state index contributed by atoms with van der Waals surface area (Å²) in [6.45, 7) is 0. The summed E-state index contributed by atoms with van der Waals surface area (Å²) in [6, 6.07) is 19.5. The molecule has 2 aromatic carbocycles. The predicted molar refractivity (Wildman–Crippen MR) is 117 cm³/mol. The molecule has 0 aliphatic rings. The number of halogens is 2. The molecule has 0 aliphatic heterocycles. The topological polar surface area (TPSA) is 59.9 Å². The highest BCUT2D eigenvalue weighted by Crippen LogP contribution is 2.24. The molecule has 0 atom stereocenters. The van der Waals surface area contributed by atoms with Crippen LogP contribution in [0.2, 0.25) is 0 Å². The summed E-state index contributed by atoms with van der Waals surface area (Å²) in [7, 11) is -3.00. The second kappa shape index (κ2) is 8.46. The van der Waals surface area contributed by atoms with Gasteiger partial charge >= 0.3 is 0 Å². The van der Waals surface area contributed by atoms with Crippen molar-refractivity contribution in [2.24, 2.45) is 0 Å². The summed E-state index contributed by atoms with van der Waals surface area (Å²) in [4.78, 5) is 8.51. The summed E-state index contributed by atoms with van der Waals surface area (Å²) in [5, 5.41) is 2.12. The highest BCUT2D eigenvalue weighted by molar-refractivity contribution is 9.10. The minimum absolute atomic E-state index is 0.0520. The molecule has 0 saturated carbocycles. The maximum atomic E-state index is 11.2. The Kier molecular flexibility index (Phi) is 6.24. The van der Waals surface area contributed by atoms with Crippen molar-refractivity contribution in [3.05, 3.63) is 81.5 Å². The Morgan fingerprint density at radius 1 is 0.926 bits per heavy atom. The molecule has 4 aromatic rings. The van der Waals surface area contributed by atoms with Crippen LogP contribution in [-0.4, -0.2) is 24.6 Å². The van der Waals surface area contributed by atoms with Crippen molar-refractivity contribution in [2.45, 2.75) is 5.75 Å². The van der Waals surface area contributed by atoms with Gasteiger partial charge in [0.2, 0.25) is 0 Å². The fourth-order valence-electron chi connectivity index (χ4n) is 2.63. The number of nitrogens with zero attached hydrogens (tertiary/aromatic N) is 2. The SMILES string of the molecule is Brc1ccc2ccccc2n1.CS(=O)(=O)Cc1cc(Br)c2ncccc2c1. The lowest BCUT2D eigenvalue weighted by molar-refractivity contribution is 0.601. The molecule has 0 N–H and O–H groups in total. The Hall–Kier alpha value is -1.83. The maximum absolute atomic E-state index is 11.2. The van der Waals surface area contributed by atoms with Crippen molar-refractivity contribution < 1.29 is 8.42 Å². The van der Waals surface area contributed by atoms with Crippen molar-refractivity contribution >= 4 is 63.5 Å². The summed E-state index contributed by atoms with van der Waals surface area (Å²) in [5.41, 5.74) is 2.65. The van der Waals surface area contributed by atoms with Crippen LogP contribution in [0.25, 0.3) is 21.8 Å². The molecule has 0 radical (unpaired) electrons. The first-order chi connectivity index (χ1) is 12.8. The van der Waals surface area contributed by atoms with Crippen LogP contribution in [0.4, 0.5) is 0 Å². The highest BCUT2D eigenvalue weighted by Gasteiger charge is 2.08. The Labute approximate surface area is 174 Å². The lowest BCUT2D eigenvalue weighted by Crippen LogP contribution is -2.00. The van der Waals surface area contributed by atoms with E-state index < -0.39 is 9.84 Å². The van der Waals surface area contributed by atoms with Crippen molar-refractivity contribution in [2.75, 3.05) is 6.26 Å². The zero-order chi connectivity index (χ0) is 19.4. The molecule has 0 aliphatic carbocycles. The first-order valence-electron chi connectivity index (χ1n) is 8.04.